The maximum absolute atomic E-state index is 12.9. The Morgan fingerprint density at radius 2 is 1.64 bits per heavy atom. The monoisotopic (exact) mass is 457 g/mol. The average Bonchev–Trinajstić information content (AvgIpc) is 2.62. The van der Waals surface area contributed by atoms with Crippen LogP contribution in [0.4, 0.5) is 4.39 Å². The lowest BCUT2D eigenvalue weighted by Crippen LogP contribution is -2.38. The van der Waals surface area contributed by atoms with Gasteiger partial charge in [-0.25, -0.2) is 9.38 Å². The molecule has 0 radical (unpaired) electrons. The van der Waals surface area contributed by atoms with Crippen LogP contribution in [0.25, 0.3) is 0 Å². The Morgan fingerprint density at radius 1 is 1.00 bits per heavy atom. The Bertz CT molecular complexity index is 645. The molecule has 25 heavy (non-hydrogen) atoms. The molecule has 0 aliphatic carbocycles. The van der Waals surface area contributed by atoms with Gasteiger partial charge in [0.1, 0.15) is 11.6 Å². The van der Waals surface area contributed by atoms with E-state index in [1.54, 1.807) is 19.2 Å². The van der Waals surface area contributed by atoms with E-state index in [4.69, 9.17) is 4.74 Å². The second kappa shape index (κ2) is 11.7. The van der Waals surface area contributed by atoms with E-state index in [1.807, 2.05) is 31.2 Å². The summed E-state index contributed by atoms with van der Waals surface area (Å²) in [6.07, 6.45) is 0.813. The Morgan fingerprint density at radius 3 is 2.24 bits per heavy atom. The van der Waals surface area contributed by atoms with Crippen LogP contribution in [0.3, 0.4) is 0 Å². The zero-order valence-electron chi connectivity index (χ0n) is 14.6. The van der Waals surface area contributed by atoms with Crippen LogP contribution in [0.2, 0.25) is 0 Å². The van der Waals surface area contributed by atoms with Gasteiger partial charge in [0.25, 0.3) is 0 Å². The molecule has 0 aliphatic rings. The molecule has 2 rings (SSSR count). The first-order chi connectivity index (χ1) is 11.7. The van der Waals surface area contributed by atoms with E-state index in [9.17, 15) is 4.39 Å². The van der Waals surface area contributed by atoms with Crippen molar-refractivity contribution in [3.05, 3.63) is 65.5 Å². The number of aliphatic imine (C=N–C) groups is 1. The van der Waals surface area contributed by atoms with Gasteiger partial charge in [0.15, 0.2) is 5.96 Å². The van der Waals surface area contributed by atoms with Crippen LogP contribution in [0, 0.1) is 5.82 Å². The zero-order chi connectivity index (χ0) is 17.2. The van der Waals surface area contributed by atoms with Crippen LogP contribution in [-0.4, -0.2) is 26.2 Å². The van der Waals surface area contributed by atoms with Crippen molar-refractivity contribution in [2.24, 2.45) is 4.99 Å². The highest BCUT2D eigenvalue weighted by molar-refractivity contribution is 14.0. The molecule has 0 amide bonds. The number of hydrogen-bond acceptors (Lipinski definition) is 2. The van der Waals surface area contributed by atoms with Crippen molar-refractivity contribution < 1.29 is 9.13 Å². The fourth-order valence-electron chi connectivity index (χ4n) is 2.22. The summed E-state index contributed by atoms with van der Waals surface area (Å²) in [5, 5.41) is 6.52. The number of ether oxygens (including phenoxy) is 1. The molecule has 6 heteroatoms. The number of nitrogens with one attached hydrogen (secondary N) is 2. The Kier molecular flexibility index (Phi) is 9.91. The van der Waals surface area contributed by atoms with Crippen LogP contribution in [-0.2, 0) is 13.0 Å². The molecule has 0 bridgehead atoms. The van der Waals surface area contributed by atoms with E-state index in [1.165, 1.54) is 12.1 Å². The standard InChI is InChI=1S/C19H24FN3O.HI/c1-3-21-19(22-13-12-15-4-8-17(20)9-5-15)23-14-16-6-10-18(24-2)11-7-16;/h4-11H,3,12-14H2,1-2H3,(H2,21,22,23);1H. The van der Waals surface area contributed by atoms with Crippen molar-refractivity contribution in [1.29, 1.82) is 0 Å². The minimum Gasteiger partial charge on any atom is -0.497 e. The van der Waals surface area contributed by atoms with E-state index in [-0.39, 0.29) is 29.8 Å². The molecule has 0 unspecified atom stereocenters. The van der Waals surface area contributed by atoms with E-state index < -0.39 is 0 Å². The molecular weight excluding hydrogens is 432 g/mol. The molecular formula is C19H25FIN3O. The number of guanidine groups is 1. The second-order valence-electron chi connectivity index (χ2n) is 5.35. The third-order valence-electron chi connectivity index (χ3n) is 3.54. The van der Waals surface area contributed by atoms with Crippen molar-refractivity contribution in [2.45, 2.75) is 19.9 Å². The Hall–Kier alpha value is -1.83. The van der Waals surface area contributed by atoms with Crippen LogP contribution >= 0.6 is 24.0 Å². The average molecular weight is 457 g/mol. The third-order valence-corrected chi connectivity index (χ3v) is 3.54. The zero-order valence-corrected chi connectivity index (χ0v) is 16.9. The summed E-state index contributed by atoms with van der Waals surface area (Å²) >= 11 is 0. The molecule has 0 aliphatic heterocycles. The Labute approximate surface area is 165 Å². The summed E-state index contributed by atoms with van der Waals surface area (Å²) in [6, 6.07) is 14.4. The third kappa shape index (κ3) is 7.72. The number of rotatable bonds is 7. The molecule has 0 atom stereocenters. The minimum atomic E-state index is -0.207. The summed E-state index contributed by atoms with van der Waals surface area (Å²) in [5.74, 6) is 1.41. The molecule has 0 saturated carbocycles. The van der Waals surface area contributed by atoms with E-state index >= 15 is 0 Å². The van der Waals surface area contributed by atoms with Gasteiger partial charge in [-0.1, -0.05) is 24.3 Å². The number of hydrogen-bond donors (Lipinski definition) is 2. The van der Waals surface area contributed by atoms with Gasteiger partial charge in [-0.2, -0.15) is 0 Å². The molecule has 4 nitrogen and oxygen atoms in total. The first kappa shape index (κ1) is 21.2. The van der Waals surface area contributed by atoms with Crippen molar-refractivity contribution in [2.75, 3.05) is 20.2 Å². The molecule has 2 N–H and O–H groups in total. The number of benzene rings is 2. The summed E-state index contributed by atoms with van der Waals surface area (Å²) < 4.78 is 18.0. The maximum Gasteiger partial charge on any atom is 0.191 e. The largest absolute Gasteiger partial charge is 0.497 e. The lowest BCUT2D eigenvalue weighted by atomic mass is 10.1. The number of nitrogens with zero attached hydrogens (tertiary/aromatic N) is 1. The van der Waals surface area contributed by atoms with Crippen molar-refractivity contribution in [3.8, 4) is 5.75 Å². The second-order valence-corrected chi connectivity index (χ2v) is 5.35. The summed E-state index contributed by atoms with van der Waals surface area (Å²) in [5.41, 5.74) is 2.21. The SMILES string of the molecule is CCNC(=NCc1ccc(OC)cc1)NCCc1ccc(F)cc1.I. The number of methoxy groups -OCH3 is 1. The lowest BCUT2D eigenvalue weighted by molar-refractivity contribution is 0.414. The van der Waals surface area contributed by atoms with E-state index in [0.717, 1.165) is 42.3 Å². The van der Waals surface area contributed by atoms with Crippen LogP contribution < -0.4 is 15.4 Å². The minimum absolute atomic E-state index is 0. The van der Waals surface area contributed by atoms with Crippen molar-refractivity contribution in [1.82, 2.24) is 10.6 Å². The first-order valence-corrected chi connectivity index (χ1v) is 8.11. The van der Waals surface area contributed by atoms with Crippen molar-refractivity contribution >= 4 is 29.9 Å². The fraction of sp³-hybridized carbons (Fsp3) is 0.316. The van der Waals surface area contributed by atoms with Crippen molar-refractivity contribution in [3.63, 3.8) is 0 Å². The van der Waals surface area contributed by atoms with Gasteiger partial charge in [-0.15, -0.1) is 24.0 Å². The fourth-order valence-corrected chi connectivity index (χ4v) is 2.22. The van der Waals surface area contributed by atoms with Crippen LogP contribution in [0.1, 0.15) is 18.1 Å². The molecule has 136 valence electrons. The van der Waals surface area contributed by atoms with Gasteiger partial charge in [0.2, 0.25) is 0 Å². The Balaban J connectivity index is 0.00000312. The maximum atomic E-state index is 12.9. The smallest absolute Gasteiger partial charge is 0.191 e. The molecule has 0 aromatic heterocycles. The molecule has 0 spiro atoms. The summed E-state index contributed by atoms with van der Waals surface area (Å²) in [6.45, 7) is 4.16. The van der Waals surface area contributed by atoms with E-state index in [2.05, 4.69) is 15.6 Å². The molecule has 0 fully saturated rings. The normalized spacial score (nSPS) is 10.8. The van der Waals surface area contributed by atoms with Gasteiger partial charge < -0.3 is 15.4 Å². The molecule has 0 heterocycles. The highest BCUT2D eigenvalue weighted by Gasteiger charge is 1.99. The van der Waals surface area contributed by atoms with Crippen LogP contribution in [0.15, 0.2) is 53.5 Å². The van der Waals surface area contributed by atoms with Gasteiger partial charge in [0.05, 0.1) is 13.7 Å². The summed E-state index contributed by atoms with van der Waals surface area (Å²) in [7, 11) is 1.65. The molecule has 0 saturated heterocycles. The highest BCUT2D eigenvalue weighted by atomic mass is 127. The molecule has 2 aromatic carbocycles. The predicted molar refractivity (Wildman–Crippen MR) is 111 cm³/mol. The lowest BCUT2D eigenvalue weighted by Gasteiger charge is -2.11. The van der Waals surface area contributed by atoms with Crippen LogP contribution in [0.5, 0.6) is 5.75 Å². The highest BCUT2D eigenvalue weighted by Crippen LogP contribution is 2.11. The quantitative estimate of drug-likeness (QED) is 0.378. The van der Waals surface area contributed by atoms with Gasteiger partial charge in [0, 0.05) is 13.1 Å². The molecule has 2 aromatic rings. The summed E-state index contributed by atoms with van der Waals surface area (Å²) in [4.78, 5) is 4.58. The van der Waals surface area contributed by atoms with E-state index in [0.29, 0.717) is 6.54 Å². The van der Waals surface area contributed by atoms with Gasteiger partial charge in [-0.3, -0.25) is 0 Å². The first-order valence-electron chi connectivity index (χ1n) is 8.11. The van der Waals surface area contributed by atoms with Gasteiger partial charge in [-0.05, 0) is 48.7 Å². The van der Waals surface area contributed by atoms with Gasteiger partial charge >= 0.3 is 0 Å². The number of halogens is 2. The predicted octanol–water partition coefficient (Wildman–Crippen LogP) is 3.75. The topological polar surface area (TPSA) is 45.7 Å².